The monoisotopic (exact) mass is 276 g/mol. The highest BCUT2D eigenvalue weighted by molar-refractivity contribution is 7.91. The molecule has 0 amide bonds. The minimum Gasteiger partial charge on any atom is -0.380 e. The molecule has 0 saturated carbocycles. The second-order valence-corrected chi connectivity index (χ2v) is 7.04. The van der Waals surface area contributed by atoms with Crippen LogP contribution in [0.25, 0.3) is 0 Å². The smallest absolute Gasteiger partial charge is 0.250 e. The number of nitrogens with one attached hydrogen (secondary N) is 2. The Hall–Kier alpha value is -0.470. The molecule has 1 aliphatic heterocycles. The van der Waals surface area contributed by atoms with Crippen LogP contribution in [0, 0.1) is 0 Å². The largest absolute Gasteiger partial charge is 0.380 e. The molecule has 2 heterocycles. The summed E-state index contributed by atoms with van der Waals surface area (Å²) in [5, 5.41) is 3.00. The molecule has 1 aromatic rings. The molecule has 0 radical (unpaired) electrons. The first-order valence-corrected chi connectivity index (χ1v) is 7.75. The number of hydrogen-bond acceptors (Lipinski definition) is 5. The number of rotatable bonds is 5. The summed E-state index contributed by atoms with van der Waals surface area (Å²) in [6.07, 6.45) is 0.744. The first-order chi connectivity index (χ1) is 8.12. The summed E-state index contributed by atoms with van der Waals surface area (Å²) in [5.41, 5.74) is 0. The maximum Gasteiger partial charge on any atom is 0.250 e. The van der Waals surface area contributed by atoms with Crippen molar-refractivity contribution in [3.8, 4) is 0 Å². The van der Waals surface area contributed by atoms with Crippen LogP contribution in [0.3, 0.4) is 0 Å². The predicted octanol–water partition coefficient (Wildman–Crippen LogP) is 0.535. The highest BCUT2D eigenvalue weighted by atomic mass is 32.2. The SMILES string of the molecule is CNCc1ccc(S(=O)(=O)NC2CCOC2)s1. The summed E-state index contributed by atoms with van der Waals surface area (Å²) >= 11 is 1.29. The Morgan fingerprint density at radius 2 is 2.35 bits per heavy atom. The Morgan fingerprint density at radius 1 is 1.53 bits per heavy atom. The lowest BCUT2D eigenvalue weighted by molar-refractivity contribution is 0.192. The van der Waals surface area contributed by atoms with Crippen molar-refractivity contribution in [2.45, 2.75) is 23.2 Å². The van der Waals surface area contributed by atoms with E-state index < -0.39 is 10.0 Å². The molecule has 1 saturated heterocycles. The number of ether oxygens (including phenoxy) is 1. The molecular weight excluding hydrogens is 260 g/mol. The molecule has 1 aromatic heterocycles. The average Bonchev–Trinajstić information content (AvgIpc) is 2.88. The zero-order chi connectivity index (χ0) is 12.3. The van der Waals surface area contributed by atoms with Gasteiger partial charge in [0.15, 0.2) is 0 Å². The minimum atomic E-state index is -3.38. The van der Waals surface area contributed by atoms with Crippen molar-refractivity contribution in [3.63, 3.8) is 0 Å². The summed E-state index contributed by atoms with van der Waals surface area (Å²) in [4.78, 5) is 1.01. The molecule has 2 N–H and O–H groups in total. The minimum absolute atomic E-state index is 0.0881. The predicted molar refractivity (Wildman–Crippen MR) is 66.6 cm³/mol. The van der Waals surface area contributed by atoms with E-state index in [0.717, 1.165) is 11.3 Å². The Kier molecular flexibility index (Phi) is 4.16. The molecular formula is C10H16N2O3S2. The van der Waals surface area contributed by atoms with Crippen molar-refractivity contribution < 1.29 is 13.2 Å². The molecule has 96 valence electrons. The van der Waals surface area contributed by atoms with Crippen molar-refractivity contribution in [1.82, 2.24) is 10.0 Å². The molecule has 1 fully saturated rings. The highest BCUT2D eigenvalue weighted by Crippen LogP contribution is 2.22. The summed E-state index contributed by atoms with van der Waals surface area (Å²) in [5.74, 6) is 0. The van der Waals surface area contributed by atoms with Crippen LogP contribution in [-0.4, -0.2) is 34.7 Å². The number of thiophene rings is 1. The Bertz CT molecular complexity index is 464. The van der Waals surface area contributed by atoms with E-state index in [-0.39, 0.29) is 6.04 Å². The van der Waals surface area contributed by atoms with E-state index in [9.17, 15) is 8.42 Å². The molecule has 17 heavy (non-hydrogen) atoms. The Labute approximate surface area is 105 Å². The topological polar surface area (TPSA) is 67.4 Å². The van der Waals surface area contributed by atoms with Gasteiger partial charge in [0.25, 0.3) is 0 Å². The van der Waals surface area contributed by atoms with Crippen LogP contribution in [0.4, 0.5) is 0 Å². The van der Waals surface area contributed by atoms with Crippen LogP contribution in [-0.2, 0) is 21.3 Å². The fourth-order valence-electron chi connectivity index (χ4n) is 1.68. The van der Waals surface area contributed by atoms with E-state index in [4.69, 9.17) is 4.74 Å². The van der Waals surface area contributed by atoms with Gasteiger partial charge >= 0.3 is 0 Å². The van der Waals surface area contributed by atoms with Crippen LogP contribution in [0.15, 0.2) is 16.3 Å². The van der Waals surface area contributed by atoms with Crippen LogP contribution >= 0.6 is 11.3 Å². The molecule has 0 spiro atoms. The van der Waals surface area contributed by atoms with E-state index in [2.05, 4.69) is 10.0 Å². The van der Waals surface area contributed by atoms with Gasteiger partial charge in [0.2, 0.25) is 10.0 Å². The maximum absolute atomic E-state index is 12.0. The molecule has 0 bridgehead atoms. The van der Waals surface area contributed by atoms with Crippen LogP contribution in [0.5, 0.6) is 0 Å². The molecule has 0 aromatic carbocycles. The van der Waals surface area contributed by atoms with E-state index in [1.165, 1.54) is 11.3 Å². The lowest BCUT2D eigenvalue weighted by Gasteiger charge is -2.09. The molecule has 1 atom stereocenters. The molecule has 7 heteroatoms. The molecule has 2 rings (SSSR count). The third-order valence-corrected chi connectivity index (χ3v) is 5.60. The van der Waals surface area contributed by atoms with E-state index in [0.29, 0.717) is 24.0 Å². The highest BCUT2D eigenvalue weighted by Gasteiger charge is 2.24. The van der Waals surface area contributed by atoms with E-state index in [1.807, 2.05) is 13.1 Å². The fraction of sp³-hybridized carbons (Fsp3) is 0.600. The first-order valence-electron chi connectivity index (χ1n) is 5.45. The van der Waals surface area contributed by atoms with Crippen molar-refractivity contribution in [1.29, 1.82) is 0 Å². The Balaban J connectivity index is 2.07. The lowest BCUT2D eigenvalue weighted by atomic mass is 10.3. The molecule has 5 nitrogen and oxygen atoms in total. The molecule has 0 aliphatic carbocycles. The summed E-state index contributed by atoms with van der Waals surface area (Å²) in [6, 6.07) is 3.39. The zero-order valence-corrected chi connectivity index (χ0v) is 11.2. The number of sulfonamides is 1. The zero-order valence-electron chi connectivity index (χ0n) is 9.60. The van der Waals surface area contributed by atoms with Gasteiger partial charge in [-0.25, -0.2) is 13.1 Å². The van der Waals surface area contributed by atoms with E-state index >= 15 is 0 Å². The lowest BCUT2D eigenvalue weighted by Crippen LogP contribution is -2.34. The second kappa shape index (κ2) is 5.45. The molecule has 1 aliphatic rings. The number of hydrogen-bond donors (Lipinski definition) is 2. The van der Waals surface area contributed by atoms with Crippen molar-refractivity contribution in [2.75, 3.05) is 20.3 Å². The third kappa shape index (κ3) is 3.26. The summed E-state index contributed by atoms with van der Waals surface area (Å²) in [7, 11) is -1.55. The van der Waals surface area contributed by atoms with Crippen molar-refractivity contribution in [2.24, 2.45) is 0 Å². The standard InChI is InChI=1S/C10H16N2O3S2/c1-11-6-9-2-3-10(16-9)17(13,14)12-8-4-5-15-7-8/h2-3,8,11-12H,4-7H2,1H3. The van der Waals surface area contributed by atoms with Gasteiger partial charge in [0, 0.05) is 24.1 Å². The van der Waals surface area contributed by atoms with Gasteiger partial charge in [-0.3, -0.25) is 0 Å². The third-order valence-electron chi connectivity index (χ3n) is 2.50. The maximum atomic E-state index is 12.0. The van der Waals surface area contributed by atoms with Crippen molar-refractivity contribution in [3.05, 3.63) is 17.0 Å². The second-order valence-electron chi connectivity index (χ2n) is 3.93. The van der Waals surface area contributed by atoms with Gasteiger partial charge < -0.3 is 10.1 Å². The van der Waals surface area contributed by atoms with Gasteiger partial charge in [-0.15, -0.1) is 11.3 Å². The van der Waals surface area contributed by atoms with Gasteiger partial charge in [-0.2, -0.15) is 0 Å². The average molecular weight is 276 g/mol. The van der Waals surface area contributed by atoms with Gasteiger partial charge in [-0.1, -0.05) is 0 Å². The molecule has 1 unspecified atom stereocenters. The van der Waals surface area contributed by atoms with Crippen LogP contribution in [0.1, 0.15) is 11.3 Å². The normalized spacial score (nSPS) is 20.9. The van der Waals surface area contributed by atoms with Crippen LogP contribution < -0.4 is 10.0 Å². The first kappa shape index (κ1) is 13.0. The summed E-state index contributed by atoms with van der Waals surface area (Å²) < 4.78 is 32.2. The fourth-order valence-corrected chi connectivity index (χ4v) is 4.32. The van der Waals surface area contributed by atoms with E-state index in [1.54, 1.807) is 6.07 Å². The van der Waals surface area contributed by atoms with Gasteiger partial charge in [0.1, 0.15) is 4.21 Å². The van der Waals surface area contributed by atoms with Crippen molar-refractivity contribution >= 4 is 21.4 Å². The van der Waals surface area contributed by atoms with Crippen LogP contribution in [0.2, 0.25) is 0 Å². The summed E-state index contributed by atoms with van der Waals surface area (Å²) in [6.45, 7) is 1.78. The Morgan fingerprint density at radius 3 is 3.00 bits per heavy atom. The van der Waals surface area contributed by atoms with Gasteiger partial charge in [-0.05, 0) is 25.6 Å². The quantitative estimate of drug-likeness (QED) is 0.823. The van der Waals surface area contributed by atoms with Gasteiger partial charge in [0.05, 0.1) is 6.61 Å².